The van der Waals surface area contributed by atoms with Crippen LogP contribution in [0.3, 0.4) is 0 Å². The Kier molecular flexibility index (Phi) is 6.50. The standard InChI is InChI=1S/C24H34N2/c1-19(2)23-17-26(16-22-13-9-6-10-14-22)24(20(3)4)18-25(23)15-21-11-7-5-8-12-21/h5-14,19-20,23-24H,15-18H2,1-4H3/t23-,24-/m1/s1. The minimum absolute atomic E-state index is 0.605. The van der Waals surface area contributed by atoms with Gasteiger partial charge in [-0.2, -0.15) is 0 Å². The van der Waals surface area contributed by atoms with E-state index in [1.165, 1.54) is 11.1 Å². The van der Waals surface area contributed by atoms with E-state index in [0.29, 0.717) is 23.9 Å². The fourth-order valence-electron chi connectivity index (χ4n) is 4.25. The molecule has 1 fully saturated rings. The van der Waals surface area contributed by atoms with Gasteiger partial charge in [0, 0.05) is 38.3 Å². The van der Waals surface area contributed by atoms with E-state index in [1.807, 2.05) is 0 Å². The lowest BCUT2D eigenvalue weighted by molar-refractivity contribution is -0.0164. The number of piperazine rings is 1. The van der Waals surface area contributed by atoms with Gasteiger partial charge in [-0.1, -0.05) is 88.4 Å². The first-order valence-electron chi connectivity index (χ1n) is 10.1. The molecule has 1 aliphatic heterocycles. The Bertz CT molecular complexity index is 591. The summed E-state index contributed by atoms with van der Waals surface area (Å²) in [6, 6.07) is 23.1. The van der Waals surface area contributed by atoms with Gasteiger partial charge in [-0.15, -0.1) is 0 Å². The van der Waals surface area contributed by atoms with E-state index in [4.69, 9.17) is 0 Å². The number of nitrogens with zero attached hydrogens (tertiary/aromatic N) is 2. The highest BCUT2D eigenvalue weighted by Gasteiger charge is 2.36. The monoisotopic (exact) mass is 350 g/mol. The zero-order valence-corrected chi connectivity index (χ0v) is 16.8. The molecule has 0 aromatic heterocycles. The van der Waals surface area contributed by atoms with Gasteiger partial charge in [0.25, 0.3) is 0 Å². The third-order valence-corrected chi connectivity index (χ3v) is 5.78. The summed E-state index contributed by atoms with van der Waals surface area (Å²) in [6.07, 6.45) is 0. The zero-order valence-electron chi connectivity index (χ0n) is 16.8. The summed E-state index contributed by atoms with van der Waals surface area (Å²) in [4.78, 5) is 5.46. The summed E-state index contributed by atoms with van der Waals surface area (Å²) in [5.41, 5.74) is 2.86. The average molecular weight is 351 g/mol. The first-order chi connectivity index (χ1) is 12.5. The van der Waals surface area contributed by atoms with Crippen LogP contribution in [0.1, 0.15) is 38.8 Å². The van der Waals surface area contributed by atoms with Gasteiger partial charge in [0.1, 0.15) is 0 Å². The summed E-state index contributed by atoms with van der Waals surface area (Å²) in [5.74, 6) is 1.31. The van der Waals surface area contributed by atoms with Crippen LogP contribution >= 0.6 is 0 Å². The largest absolute Gasteiger partial charge is 0.293 e. The first kappa shape index (κ1) is 19.1. The zero-order chi connectivity index (χ0) is 18.5. The summed E-state index contributed by atoms with van der Waals surface area (Å²) < 4.78 is 0. The molecule has 0 saturated carbocycles. The quantitative estimate of drug-likeness (QED) is 0.719. The van der Waals surface area contributed by atoms with Crippen LogP contribution in [-0.4, -0.2) is 35.0 Å². The van der Waals surface area contributed by atoms with Gasteiger partial charge in [0.05, 0.1) is 0 Å². The molecule has 0 N–H and O–H groups in total. The molecule has 3 rings (SSSR count). The third-order valence-electron chi connectivity index (χ3n) is 5.78. The Balaban J connectivity index is 1.78. The van der Waals surface area contributed by atoms with E-state index in [1.54, 1.807) is 0 Å². The highest BCUT2D eigenvalue weighted by Crippen LogP contribution is 2.27. The maximum absolute atomic E-state index is 2.73. The van der Waals surface area contributed by atoms with Crippen molar-refractivity contribution in [2.75, 3.05) is 13.1 Å². The van der Waals surface area contributed by atoms with Crippen LogP contribution in [0.15, 0.2) is 60.7 Å². The molecule has 0 unspecified atom stereocenters. The van der Waals surface area contributed by atoms with E-state index >= 15 is 0 Å². The minimum atomic E-state index is 0.605. The molecule has 1 saturated heterocycles. The minimum Gasteiger partial charge on any atom is -0.293 e. The summed E-state index contributed by atoms with van der Waals surface area (Å²) in [7, 11) is 0. The lowest BCUT2D eigenvalue weighted by Gasteiger charge is -2.49. The fraction of sp³-hybridized carbons (Fsp3) is 0.500. The first-order valence-corrected chi connectivity index (χ1v) is 10.1. The highest BCUT2D eigenvalue weighted by molar-refractivity contribution is 5.16. The lowest BCUT2D eigenvalue weighted by Crippen LogP contribution is -2.60. The molecule has 2 heteroatoms. The van der Waals surface area contributed by atoms with Crippen LogP contribution < -0.4 is 0 Å². The number of benzene rings is 2. The van der Waals surface area contributed by atoms with Crippen molar-refractivity contribution in [1.82, 2.24) is 9.80 Å². The van der Waals surface area contributed by atoms with Crippen LogP contribution in [0.25, 0.3) is 0 Å². The second-order valence-electron chi connectivity index (χ2n) is 8.45. The second kappa shape index (κ2) is 8.83. The van der Waals surface area contributed by atoms with Gasteiger partial charge in [0.2, 0.25) is 0 Å². The van der Waals surface area contributed by atoms with Gasteiger partial charge < -0.3 is 0 Å². The molecular weight excluding hydrogens is 316 g/mol. The highest BCUT2D eigenvalue weighted by atomic mass is 15.3. The van der Waals surface area contributed by atoms with Gasteiger partial charge in [-0.05, 0) is 23.0 Å². The number of hydrogen-bond acceptors (Lipinski definition) is 2. The smallest absolute Gasteiger partial charge is 0.0250 e. The average Bonchev–Trinajstić information content (AvgIpc) is 2.64. The molecule has 2 nitrogen and oxygen atoms in total. The van der Waals surface area contributed by atoms with Gasteiger partial charge in [0.15, 0.2) is 0 Å². The van der Waals surface area contributed by atoms with Crippen LogP contribution in [0, 0.1) is 11.8 Å². The van der Waals surface area contributed by atoms with Gasteiger partial charge in [-0.3, -0.25) is 9.80 Å². The second-order valence-corrected chi connectivity index (χ2v) is 8.45. The van der Waals surface area contributed by atoms with Crippen molar-refractivity contribution in [3.05, 3.63) is 71.8 Å². The van der Waals surface area contributed by atoms with Crippen LogP contribution in [-0.2, 0) is 13.1 Å². The molecule has 26 heavy (non-hydrogen) atoms. The molecule has 0 aliphatic carbocycles. The molecule has 1 heterocycles. The third kappa shape index (κ3) is 4.75. The topological polar surface area (TPSA) is 6.48 Å². The van der Waals surface area contributed by atoms with Gasteiger partial charge in [-0.25, -0.2) is 0 Å². The molecule has 2 atom stereocenters. The van der Waals surface area contributed by atoms with Crippen LogP contribution in [0.4, 0.5) is 0 Å². The molecule has 0 radical (unpaired) electrons. The van der Waals surface area contributed by atoms with Crippen LogP contribution in [0.2, 0.25) is 0 Å². The lowest BCUT2D eigenvalue weighted by atomic mass is 9.91. The Morgan fingerprint density at radius 2 is 1.00 bits per heavy atom. The van der Waals surface area contributed by atoms with Crippen molar-refractivity contribution in [3.63, 3.8) is 0 Å². The van der Waals surface area contributed by atoms with Crippen molar-refractivity contribution in [3.8, 4) is 0 Å². The van der Waals surface area contributed by atoms with Crippen molar-refractivity contribution >= 4 is 0 Å². The molecule has 0 amide bonds. The Morgan fingerprint density at radius 1 is 0.654 bits per heavy atom. The van der Waals surface area contributed by atoms with Crippen molar-refractivity contribution in [2.45, 2.75) is 52.9 Å². The molecule has 1 aliphatic rings. The molecule has 0 spiro atoms. The maximum atomic E-state index is 2.73. The number of rotatable bonds is 6. The van der Waals surface area contributed by atoms with Crippen molar-refractivity contribution < 1.29 is 0 Å². The van der Waals surface area contributed by atoms with E-state index in [9.17, 15) is 0 Å². The SMILES string of the molecule is CC(C)[C@H]1CN(Cc2ccccc2)[C@@H](C(C)C)CN1Cc1ccccc1. The van der Waals surface area contributed by atoms with E-state index in [0.717, 1.165) is 26.2 Å². The van der Waals surface area contributed by atoms with E-state index < -0.39 is 0 Å². The Hall–Kier alpha value is -1.64. The molecular formula is C24H34N2. The predicted molar refractivity (Wildman–Crippen MR) is 111 cm³/mol. The predicted octanol–water partition coefficient (Wildman–Crippen LogP) is 5.05. The van der Waals surface area contributed by atoms with E-state index in [-0.39, 0.29) is 0 Å². The molecule has 2 aromatic carbocycles. The molecule has 2 aromatic rings. The van der Waals surface area contributed by atoms with Crippen molar-refractivity contribution in [2.24, 2.45) is 11.8 Å². The summed E-state index contributed by atoms with van der Waals surface area (Å²) in [5, 5.41) is 0. The van der Waals surface area contributed by atoms with E-state index in [2.05, 4.69) is 98.2 Å². The Labute approximate surface area is 159 Å². The normalized spacial score (nSPS) is 22.2. The van der Waals surface area contributed by atoms with Crippen LogP contribution in [0.5, 0.6) is 0 Å². The van der Waals surface area contributed by atoms with Crippen molar-refractivity contribution in [1.29, 1.82) is 0 Å². The fourth-order valence-corrected chi connectivity index (χ4v) is 4.25. The molecule has 140 valence electrons. The maximum Gasteiger partial charge on any atom is 0.0250 e. The summed E-state index contributed by atoms with van der Waals surface area (Å²) >= 11 is 0. The number of hydrogen-bond donors (Lipinski definition) is 0. The summed E-state index contributed by atoms with van der Waals surface area (Å²) in [6.45, 7) is 13.9. The Morgan fingerprint density at radius 3 is 1.31 bits per heavy atom. The van der Waals surface area contributed by atoms with Gasteiger partial charge >= 0.3 is 0 Å². The molecule has 0 bridgehead atoms.